The minimum Gasteiger partial charge on any atom is -0.206 e. The number of benzene rings is 1. The summed E-state index contributed by atoms with van der Waals surface area (Å²) in [5.41, 5.74) is 1.49. The fraction of sp³-hybridized carbons (Fsp3) is 0.273. The summed E-state index contributed by atoms with van der Waals surface area (Å²) in [7, 11) is 0. The summed E-state index contributed by atoms with van der Waals surface area (Å²) >= 11 is 0. The van der Waals surface area contributed by atoms with E-state index in [0.717, 1.165) is 18.4 Å². The van der Waals surface area contributed by atoms with Gasteiger partial charge in [0.15, 0.2) is 0 Å². The van der Waals surface area contributed by atoms with Crippen molar-refractivity contribution < 1.29 is 4.39 Å². The summed E-state index contributed by atoms with van der Waals surface area (Å²) in [6, 6.07) is 5.53. The summed E-state index contributed by atoms with van der Waals surface area (Å²) in [6.45, 7) is 3.57. The second-order valence-electron chi connectivity index (χ2n) is 3.23. The smallest absolute Gasteiger partial charge is 0.133 e. The second-order valence-corrected chi connectivity index (χ2v) is 3.23. The van der Waals surface area contributed by atoms with E-state index in [4.69, 9.17) is 0 Å². The monoisotopic (exact) mass is 162 g/mol. The van der Waals surface area contributed by atoms with Crippen molar-refractivity contribution in [3.8, 4) is 0 Å². The maximum Gasteiger partial charge on any atom is 0.133 e. The molecular formula is C11H11F. The van der Waals surface area contributed by atoms with E-state index in [1.54, 1.807) is 12.1 Å². The molecule has 12 heavy (non-hydrogen) atoms. The third kappa shape index (κ3) is 1.15. The molecule has 0 nitrogen and oxygen atoms in total. The van der Waals surface area contributed by atoms with Gasteiger partial charge in [0.1, 0.15) is 5.82 Å². The van der Waals surface area contributed by atoms with Crippen LogP contribution in [0, 0.1) is 5.82 Å². The summed E-state index contributed by atoms with van der Waals surface area (Å²) in [6.07, 6.45) is 3.84. The predicted octanol–water partition coefficient (Wildman–Crippen LogP) is 3.35. The van der Waals surface area contributed by atoms with Crippen LogP contribution in [0.3, 0.4) is 0 Å². The molecule has 0 atom stereocenters. The zero-order chi connectivity index (χ0) is 8.55. The van der Waals surface area contributed by atoms with Gasteiger partial charge in [-0.15, -0.1) is 0 Å². The fourth-order valence-electron chi connectivity index (χ4n) is 1.44. The number of halogens is 1. The van der Waals surface area contributed by atoms with Crippen LogP contribution in [0.2, 0.25) is 0 Å². The van der Waals surface area contributed by atoms with Crippen LogP contribution in [0.15, 0.2) is 24.8 Å². The quantitative estimate of drug-likeness (QED) is 0.625. The van der Waals surface area contributed by atoms with Gasteiger partial charge in [-0.1, -0.05) is 30.9 Å². The molecule has 1 fully saturated rings. The summed E-state index contributed by atoms with van der Waals surface area (Å²) in [5.74, 6) is 0.403. The Morgan fingerprint density at radius 2 is 2.17 bits per heavy atom. The highest BCUT2D eigenvalue weighted by Gasteiger charge is 2.26. The minimum absolute atomic E-state index is 0.0741. The van der Waals surface area contributed by atoms with E-state index in [9.17, 15) is 4.39 Å². The molecule has 0 bridgehead atoms. The molecule has 1 aliphatic rings. The first-order valence-electron chi connectivity index (χ1n) is 4.24. The Hall–Kier alpha value is -1.11. The van der Waals surface area contributed by atoms with E-state index in [0.29, 0.717) is 11.5 Å². The van der Waals surface area contributed by atoms with Gasteiger partial charge in [0, 0.05) is 5.56 Å². The molecule has 2 rings (SSSR count). The lowest BCUT2D eigenvalue weighted by molar-refractivity contribution is 0.608. The number of rotatable bonds is 2. The molecule has 0 heterocycles. The van der Waals surface area contributed by atoms with Crippen molar-refractivity contribution in [2.75, 3.05) is 0 Å². The summed E-state index contributed by atoms with van der Waals surface area (Å²) < 4.78 is 13.5. The van der Waals surface area contributed by atoms with E-state index in [2.05, 4.69) is 6.58 Å². The van der Waals surface area contributed by atoms with E-state index in [1.807, 2.05) is 12.1 Å². The predicted molar refractivity (Wildman–Crippen MR) is 48.5 cm³/mol. The molecule has 0 aromatic heterocycles. The van der Waals surface area contributed by atoms with Crippen LogP contribution in [0.4, 0.5) is 4.39 Å². The Balaban J connectivity index is 2.47. The van der Waals surface area contributed by atoms with Gasteiger partial charge in [-0.05, 0) is 24.3 Å². The average molecular weight is 162 g/mol. The van der Waals surface area contributed by atoms with E-state index in [-0.39, 0.29) is 5.82 Å². The molecule has 0 saturated heterocycles. The van der Waals surface area contributed by atoms with Crippen LogP contribution in [0.25, 0.3) is 6.08 Å². The molecule has 1 aromatic carbocycles. The lowest BCUT2D eigenvalue weighted by Gasteiger charge is -2.02. The normalized spacial score (nSPS) is 16.1. The third-order valence-electron chi connectivity index (χ3n) is 2.30. The molecule has 1 aliphatic carbocycles. The standard InChI is InChI=1S/C11H11F/c1-2-8-4-3-5-10(11(8)12)9-6-7-9/h2-5,9H,1,6-7H2. The Bertz CT molecular complexity index is 311. The number of hydrogen-bond acceptors (Lipinski definition) is 0. The van der Waals surface area contributed by atoms with E-state index >= 15 is 0 Å². The highest BCUT2D eigenvalue weighted by atomic mass is 19.1. The Morgan fingerprint density at radius 1 is 1.42 bits per heavy atom. The van der Waals surface area contributed by atoms with Gasteiger partial charge in [-0.3, -0.25) is 0 Å². The van der Waals surface area contributed by atoms with Crippen LogP contribution in [0.5, 0.6) is 0 Å². The number of hydrogen-bond donors (Lipinski definition) is 0. The molecule has 1 heteroatoms. The van der Waals surface area contributed by atoms with Gasteiger partial charge in [-0.25, -0.2) is 4.39 Å². The Labute approximate surface area is 71.7 Å². The summed E-state index contributed by atoms with van der Waals surface area (Å²) in [4.78, 5) is 0. The zero-order valence-corrected chi connectivity index (χ0v) is 6.89. The van der Waals surface area contributed by atoms with E-state index < -0.39 is 0 Å². The maximum absolute atomic E-state index is 13.5. The van der Waals surface area contributed by atoms with E-state index in [1.165, 1.54) is 0 Å². The molecule has 0 amide bonds. The highest BCUT2D eigenvalue weighted by molar-refractivity contribution is 5.50. The first kappa shape index (κ1) is 7.53. The van der Waals surface area contributed by atoms with Crippen LogP contribution in [-0.4, -0.2) is 0 Å². The molecule has 0 aliphatic heterocycles. The molecule has 1 aromatic rings. The van der Waals surface area contributed by atoms with Crippen LogP contribution in [-0.2, 0) is 0 Å². The Morgan fingerprint density at radius 3 is 2.75 bits per heavy atom. The van der Waals surface area contributed by atoms with Crippen molar-refractivity contribution in [3.05, 3.63) is 41.7 Å². The molecule has 0 spiro atoms. The maximum atomic E-state index is 13.5. The first-order valence-corrected chi connectivity index (χ1v) is 4.24. The van der Waals surface area contributed by atoms with Gasteiger partial charge in [-0.2, -0.15) is 0 Å². The van der Waals surface area contributed by atoms with Crippen molar-refractivity contribution in [2.24, 2.45) is 0 Å². The van der Waals surface area contributed by atoms with Crippen molar-refractivity contribution in [1.29, 1.82) is 0 Å². The van der Waals surface area contributed by atoms with Gasteiger partial charge in [0.2, 0.25) is 0 Å². The highest BCUT2D eigenvalue weighted by Crippen LogP contribution is 2.41. The third-order valence-corrected chi connectivity index (χ3v) is 2.30. The van der Waals surface area contributed by atoms with Crippen molar-refractivity contribution in [1.82, 2.24) is 0 Å². The van der Waals surface area contributed by atoms with Crippen molar-refractivity contribution in [2.45, 2.75) is 18.8 Å². The molecule has 1 saturated carbocycles. The largest absolute Gasteiger partial charge is 0.206 e. The molecule has 0 N–H and O–H groups in total. The lowest BCUT2D eigenvalue weighted by atomic mass is 10.1. The molecular weight excluding hydrogens is 151 g/mol. The minimum atomic E-state index is -0.0741. The van der Waals surface area contributed by atoms with Gasteiger partial charge in [0.05, 0.1) is 0 Å². The lowest BCUT2D eigenvalue weighted by Crippen LogP contribution is -1.89. The van der Waals surface area contributed by atoms with Crippen molar-refractivity contribution >= 4 is 6.08 Å². The van der Waals surface area contributed by atoms with Crippen LogP contribution >= 0.6 is 0 Å². The second kappa shape index (κ2) is 2.74. The SMILES string of the molecule is C=Cc1cccc(C2CC2)c1F. The van der Waals surface area contributed by atoms with Gasteiger partial charge >= 0.3 is 0 Å². The average Bonchev–Trinajstić information content (AvgIpc) is 2.88. The zero-order valence-electron chi connectivity index (χ0n) is 6.89. The van der Waals surface area contributed by atoms with Crippen LogP contribution in [0.1, 0.15) is 29.9 Å². The Kier molecular flexibility index (Phi) is 1.72. The summed E-state index contributed by atoms with van der Waals surface area (Å²) in [5, 5.41) is 0. The first-order chi connectivity index (χ1) is 5.83. The molecule has 62 valence electrons. The van der Waals surface area contributed by atoms with Crippen LogP contribution < -0.4 is 0 Å². The molecule has 0 radical (unpaired) electrons. The fourth-order valence-corrected chi connectivity index (χ4v) is 1.44. The molecule has 0 unspecified atom stereocenters. The van der Waals surface area contributed by atoms with Crippen molar-refractivity contribution in [3.63, 3.8) is 0 Å². The van der Waals surface area contributed by atoms with Gasteiger partial charge in [0.25, 0.3) is 0 Å². The van der Waals surface area contributed by atoms with Gasteiger partial charge < -0.3 is 0 Å². The topological polar surface area (TPSA) is 0 Å².